The Hall–Kier alpha value is -0.0431. The van der Waals surface area contributed by atoms with Crippen molar-refractivity contribution in [2.75, 3.05) is 0 Å². The fourth-order valence-electron chi connectivity index (χ4n) is 0.433. The van der Waals surface area contributed by atoms with E-state index >= 15 is 0 Å². The Morgan fingerprint density at radius 1 is 1.25 bits per heavy atom. The van der Waals surface area contributed by atoms with Crippen LogP contribution in [-0.4, -0.2) is 10.2 Å². The molecule has 45 valence electrons. The molecule has 0 spiro atoms. The third kappa shape index (κ3) is 2.31. The second-order valence-electron chi connectivity index (χ2n) is 2.40. The molecule has 0 aliphatic heterocycles. The van der Waals surface area contributed by atoms with Gasteiger partial charge in [0.15, 0.2) is 0 Å². The van der Waals surface area contributed by atoms with Crippen LogP contribution in [0.5, 0.6) is 0 Å². The smallest absolute Gasteiger partial charge is 0.0322 e. The van der Waals surface area contributed by atoms with Crippen LogP contribution in [0.15, 0.2) is 11.1 Å². The summed E-state index contributed by atoms with van der Waals surface area (Å²) < 4.78 is 0. The normalized spacial score (nSPS) is 13.1. The van der Waals surface area contributed by atoms with Crippen LogP contribution in [0.4, 0.5) is 0 Å². The highest BCUT2D eigenvalue weighted by Crippen LogP contribution is 2.14. The predicted octanol–water partition coefficient (Wildman–Crippen LogP) is 2.32. The number of allylic oxidation sites excluding steroid dienone is 2. The molecule has 8 heavy (non-hydrogen) atoms. The van der Waals surface area contributed by atoms with E-state index in [1.807, 2.05) is 0 Å². The molecule has 0 saturated carbocycles. The maximum absolute atomic E-state index is 3.53. The zero-order chi connectivity index (χ0) is 6.73. The summed E-state index contributed by atoms with van der Waals surface area (Å²) in [5.74, 6) is 0. The summed E-state index contributed by atoms with van der Waals surface area (Å²) in [4.78, 5) is 0. The van der Waals surface area contributed by atoms with Crippen LogP contribution in [0.25, 0.3) is 0 Å². The average molecular weight is 125 g/mol. The lowest BCUT2D eigenvalue weighted by molar-refractivity contribution is 1.04. The molecule has 0 heterocycles. The van der Waals surface area contributed by atoms with Crippen molar-refractivity contribution in [2.45, 2.75) is 33.2 Å². The van der Waals surface area contributed by atoms with E-state index < -0.39 is 0 Å². The monoisotopic (exact) mass is 125 g/mol. The molecule has 0 aromatic heterocycles. The first-order valence-electron chi connectivity index (χ1n) is 2.90. The lowest BCUT2D eigenvalue weighted by atomic mass is 10.1. The Kier molecular flexibility index (Phi) is 3.06. The van der Waals surface area contributed by atoms with Gasteiger partial charge < -0.3 is 0 Å². The summed E-state index contributed by atoms with van der Waals surface area (Å²) in [6.07, 6.45) is 0. The van der Waals surface area contributed by atoms with Crippen LogP contribution in [0.3, 0.4) is 0 Å². The maximum atomic E-state index is 3.53. The first-order chi connectivity index (χ1) is 3.55. The van der Waals surface area contributed by atoms with Crippen molar-refractivity contribution in [1.82, 2.24) is 0 Å². The molecule has 0 aromatic carbocycles. The first-order valence-corrected chi connectivity index (χ1v) is 3.48. The zero-order valence-electron chi connectivity index (χ0n) is 6.08. The Morgan fingerprint density at radius 3 is 1.62 bits per heavy atom. The summed E-state index contributed by atoms with van der Waals surface area (Å²) >= 11 is 0. The third-order valence-corrected chi connectivity index (χ3v) is 1.87. The van der Waals surface area contributed by atoms with Gasteiger partial charge in [-0.05, 0) is 26.3 Å². The topological polar surface area (TPSA) is 0 Å². The molecule has 1 atom stereocenters. The number of rotatable bonds is 1. The zero-order valence-corrected chi connectivity index (χ0v) is 7.08. The minimum Gasteiger partial charge on any atom is -0.0776 e. The number of hydrogen-bond donors (Lipinski definition) is 0. The van der Waals surface area contributed by atoms with Gasteiger partial charge in [-0.25, -0.2) is 0 Å². The molecular weight excluding hydrogens is 112 g/mol. The lowest BCUT2D eigenvalue weighted by Crippen LogP contribution is -1.88. The highest BCUT2D eigenvalue weighted by atomic mass is 28.1. The summed E-state index contributed by atoms with van der Waals surface area (Å²) in [5.41, 5.74) is 3.37. The van der Waals surface area contributed by atoms with Gasteiger partial charge >= 0.3 is 0 Å². The molecule has 0 aliphatic rings. The van der Waals surface area contributed by atoms with E-state index in [4.69, 9.17) is 0 Å². The molecule has 0 saturated heterocycles. The summed E-state index contributed by atoms with van der Waals surface area (Å²) in [5, 5.41) is 0. The van der Waals surface area contributed by atoms with Crippen LogP contribution >= 0.6 is 0 Å². The third-order valence-electron chi connectivity index (χ3n) is 1.44. The van der Waals surface area contributed by atoms with Crippen LogP contribution in [-0.2, 0) is 0 Å². The molecule has 0 rings (SSSR count). The van der Waals surface area contributed by atoms with Gasteiger partial charge in [0.25, 0.3) is 0 Å². The Morgan fingerprint density at radius 2 is 1.62 bits per heavy atom. The van der Waals surface area contributed by atoms with Gasteiger partial charge in [0, 0.05) is 10.2 Å². The average Bonchev–Trinajstić information content (AvgIpc) is 1.64. The van der Waals surface area contributed by atoms with E-state index in [-0.39, 0.29) is 0 Å². The first kappa shape index (κ1) is 7.96. The fourth-order valence-corrected chi connectivity index (χ4v) is 0.722. The van der Waals surface area contributed by atoms with Crippen molar-refractivity contribution in [1.29, 1.82) is 0 Å². The van der Waals surface area contributed by atoms with E-state index in [2.05, 4.69) is 37.9 Å². The standard InChI is InChI=1S/C7H13Si/c1-5(2)6(3)7(4)8/h7H,1-4H3. The number of hydrogen-bond acceptors (Lipinski definition) is 0. The largest absolute Gasteiger partial charge is 0.0776 e. The van der Waals surface area contributed by atoms with Gasteiger partial charge in [0.2, 0.25) is 0 Å². The molecule has 3 radical (unpaired) electrons. The molecule has 0 aliphatic carbocycles. The van der Waals surface area contributed by atoms with Crippen LogP contribution in [0.1, 0.15) is 27.7 Å². The van der Waals surface area contributed by atoms with Crippen molar-refractivity contribution in [3.05, 3.63) is 11.1 Å². The summed E-state index contributed by atoms with van der Waals surface area (Å²) in [6.45, 7) is 8.55. The van der Waals surface area contributed by atoms with Gasteiger partial charge in [-0.15, -0.1) is 0 Å². The Labute approximate surface area is 55.4 Å². The molecule has 0 N–H and O–H groups in total. The summed E-state index contributed by atoms with van der Waals surface area (Å²) in [7, 11) is 3.53. The summed E-state index contributed by atoms with van der Waals surface area (Å²) in [6, 6.07) is 0. The van der Waals surface area contributed by atoms with Crippen molar-refractivity contribution >= 4 is 10.2 Å². The van der Waals surface area contributed by atoms with Gasteiger partial charge in [0.05, 0.1) is 0 Å². The molecular formula is C7H13Si. The van der Waals surface area contributed by atoms with Gasteiger partial charge in [-0.3, -0.25) is 0 Å². The van der Waals surface area contributed by atoms with E-state index in [9.17, 15) is 0 Å². The van der Waals surface area contributed by atoms with E-state index in [0.717, 1.165) is 0 Å². The van der Waals surface area contributed by atoms with Crippen LogP contribution in [0.2, 0.25) is 5.54 Å². The van der Waals surface area contributed by atoms with Gasteiger partial charge in [-0.1, -0.05) is 18.1 Å². The molecule has 0 fully saturated rings. The van der Waals surface area contributed by atoms with E-state index in [0.29, 0.717) is 5.54 Å². The Bertz CT molecular complexity index is 97.0. The van der Waals surface area contributed by atoms with Crippen molar-refractivity contribution in [3.8, 4) is 0 Å². The van der Waals surface area contributed by atoms with Gasteiger partial charge in [0.1, 0.15) is 0 Å². The highest BCUT2D eigenvalue weighted by molar-refractivity contribution is 6.13. The highest BCUT2D eigenvalue weighted by Gasteiger charge is 1.95. The molecule has 0 bridgehead atoms. The SMILES string of the molecule is CC(C)=C(C)C(C)[Si]. The molecule has 0 aromatic rings. The Balaban J connectivity index is 4.00. The molecule has 1 unspecified atom stereocenters. The maximum Gasteiger partial charge on any atom is 0.0322 e. The van der Waals surface area contributed by atoms with Crippen LogP contribution < -0.4 is 0 Å². The second-order valence-corrected chi connectivity index (χ2v) is 3.27. The minimum absolute atomic E-state index is 0.528. The quantitative estimate of drug-likeness (QED) is 0.373. The minimum atomic E-state index is 0.528. The van der Waals surface area contributed by atoms with Crippen molar-refractivity contribution in [3.63, 3.8) is 0 Å². The van der Waals surface area contributed by atoms with Crippen molar-refractivity contribution in [2.24, 2.45) is 0 Å². The van der Waals surface area contributed by atoms with Crippen molar-refractivity contribution < 1.29 is 0 Å². The van der Waals surface area contributed by atoms with E-state index in [1.165, 1.54) is 11.1 Å². The lowest BCUT2D eigenvalue weighted by Gasteiger charge is -2.05. The molecule has 0 nitrogen and oxygen atoms in total. The van der Waals surface area contributed by atoms with Crippen LogP contribution in [0, 0.1) is 0 Å². The second kappa shape index (κ2) is 3.08. The predicted molar refractivity (Wildman–Crippen MR) is 39.2 cm³/mol. The fraction of sp³-hybridized carbons (Fsp3) is 0.714. The van der Waals surface area contributed by atoms with Gasteiger partial charge in [-0.2, -0.15) is 0 Å². The molecule has 1 heteroatoms. The molecule has 0 amide bonds. The van der Waals surface area contributed by atoms with E-state index in [1.54, 1.807) is 0 Å².